The number of alkyl halides is 3. The summed E-state index contributed by atoms with van der Waals surface area (Å²) in [6, 6.07) is 3.99. The normalized spacial score (nSPS) is 18.4. The minimum atomic E-state index is -4.49. The van der Waals surface area contributed by atoms with Crippen LogP contribution in [0.5, 0.6) is 0 Å². The molecule has 0 saturated heterocycles. The van der Waals surface area contributed by atoms with E-state index in [4.69, 9.17) is 4.74 Å². The summed E-state index contributed by atoms with van der Waals surface area (Å²) in [5.74, 6) is -0.556. The molecule has 0 saturated carbocycles. The molecular weight excluding hydrogens is 311 g/mol. The Bertz CT molecular complexity index is 614. The molecule has 0 radical (unpaired) electrons. The fourth-order valence-electron chi connectivity index (χ4n) is 2.24. The number of nitrogens with zero attached hydrogens (tertiary/aromatic N) is 1. The first kappa shape index (κ1) is 17.3. The van der Waals surface area contributed by atoms with Crippen LogP contribution in [0.2, 0.25) is 0 Å². The molecule has 23 heavy (non-hydrogen) atoms. The number of carbonyl (C=O) groups is 1. The van der Waals surface area contributed by atoms with Crippen molar-refractivity contribution >= 4 is 17.3 Å². The van der Waals surface area contributed by atoms with E-state index in [9.17, 15) is 18.0 Å². The van der Waals surface area contributed by atoms with Gasteiger partial charge in [-0.2, -0.15) is 18.3 Å². The summed E-state index contributed by atoms with van der Waals surface area (Å²) < 4.78 is 44.6. The molecule has 1 aliphatic rings. The highest BCUT2D eigenvalue weighted by Crippen LogP contribution is 2.36. The minimum Gasteiger partial charge on any atom is -0.383 e. The smallest absolute Gasteiger partial charge is 0.383 e. The lowest BCUT2D eigenvalue weighted by atomic mass is 9.95. The first-order chi connectivity index (χ1) is 10.8. The molecule has 0 unspecified atom stereocenters. The van der Waals surface area contributed by atoms with Crippen molar-refractivity contribution in [1.29, 1.82) is 0 Å². The number of rotatable bonds is 5. The van der Waals surface area contributed by atoms with E-state index in [1.807, 2.05) is 0 Å². The quantitative estimate of drug-likeness (QED) is 0.816. The molecule has 0 aliphatic carbocycles. The monoisotopic (exact) mass is 329 g/mol. The van der Waals surface area contributed by atoms with Crippen LogP contribution in [0, 0.1) is 5.92 Å². The second kappa shape index (κ2) is 6.99. The van der Waals surface area contributed by atoms with Crippen molar-refractivity contribution in [1.82, 2.24) is 5.43 Å². The van der Waals surface area contributed by atoms with Gasteiger partial charge in [0.05, 0.1) is 17.9 Å². The Balaban J connectivity index is 2.31. The zero-order valence-corrected chi connectivity index (χ0v) is 12.8. The number of nitrogens with one attached hydrogen (secondary N) is 2. The molecule has 126 valence electrons. The molecule has 0 spiro atoms. The molecule has 1 heterocycles. The topological polar surface area (TPSA) is 62.7 Å². The predicted molar refractivity (Wildman–Crippen MR) is 80.3 cm³/mol. The summed E-state index contributed by atoms with van der Waals surface area (Å²) in [6.07, 6.45) is -4.19. The lowest BCUT2D eigenvalue weighted by Crippen LogP contribution is -2.33. The molecule has 0 bridgehead atoms. The van der Waals surface area contributed by atoms with Gasteiger partial charge in [-0.3, -0.25) is 4.79 Å². The lowest BCUT2D eigenvalue weighted by molar-refractivity contribution is -0.137. The van der Waals surface area contributed by atoms with Gasteiger partial charge in [-0.15, -0.1) is 0 Å². The van der Waals surface area contributed by atoms with Crippen molar-refractivity contribution in [3.63, 3.8) is 0 Å². The zero-order chi connectivity index (χ0) is 17.0. The lowest BCUT2D eigenvalue weighted by Gasteiger charge is -2.20. The number of hydrogen-bond acceptors (Lipinski definition) is 4. The number of carbonyl (C=O) groups excluding carboxylic acids is 1. The van der Waals surface area contributed by atoms with Gasteiger partial charge in [0.2, 0.25) is 5.91 Å². The SMILES string of the molecule is COCCNc1ccc(C2=NNC(=O)[C@@H](C)C2)cc1C(F)(F)F. The maximum Gasteiger partial charge on any atom is 0.418 e. The number of halogens is 3. The van der Waals surface area contributed by atoms with Crippen LogP contribution >= 0.6 is 0 Å². The van der Waals surface area contributed by atoms with E-state index in [2.05, 4.69) is 15.8 Å². The number of methoxy groups -OCH3 is 1. The van der Waals surface area contributed by atoms with E-state index in [1.54, 1.807) is 13.0 Å². The highest BCUT2D eigenvalue weighted by atomic mass is 19.4. The fourth-order valence-corrected chi connectivity index (χ4v) is 2.24. The number of ether oxygens (including phenoxy) is 1. The molecule has 1 aliphatic heterocycles. The summed E-state index contributed by atoms with van der Waals surface area (Å²) >= 11 is 0. The van der Waals surface area contributed by atoms with Crippen molar-refractivity contribution in [2.45, 2.75) is 19.5 Å². The van der Waals surface area contributed by atoms with Crippen LogP contribution in [-0.4, -0.2) is 31.9 Å². The third-order valence-corrected chi connectivity index (χ3v) is 3.53. The van der Waals surface area contributed by atoms with Gasteiger partial charge < -0.3 is 10.1 Å². The molecule has 0 fully saturated rings. The molecule has 2 rings (SSSR count). The largest absolute Gasteiger partial charge is 0.418 e. The van der Waals surface area contributed by atoms with E-state index in [-0.39, 0.29) is 24.1 Å². The summed E-state index contributed by atoms with van der Waals surface area (Å²) in [7, 11) is 1.48. The van der Waals surface area contributed by atoms with E-state index in [1.165, 1.54) is 13.2 Å². The van der Waals surface area contributed by atoms with Crippen molar-refractivity contribution in [3.8, 4) is 0 Å². The summed E-state index contributed by atoms with van der Waals surface area (Å²) in [4.78, 5) is 11.4. The van der Waals surface area contributed by atoms with E-state index < -0.39 is 11.7 Å². The maximum atomic E-state index is 13.3. The van der Waals surface area contributed by atoms with Crippen LogP contribution in [-0.2, 0) is 15.7 Å². The average molecular weight is 329 g/mol. The molecule has 1 amide bonds. The maximum absolute atomic E-state index is 13.3. The summed E-state index contributed by atoms with van der Waals surface area (Å²) in [5, 5.41) is 6.58. The van der Waals surface area contributed by atoms with Crippen molar-refractivity contribution < 1.29 is 22.7 Å². The Kier molecular flexibility index (Phi) is 5.25. The molecule has 5 nitrogen and oxygen atoms in total. The molecule has 2 N–H and O–H groups in total. The van der Waals surface area contributed by atoms with Gasteiger partial charge in [-0.1, -0.05) is 13.0 Å². The second-order valence-corrected chi connectivity index (χ2v) is 5.32. The Morgan fingerprint density at radius 3 is 2.78 bits per heavy atom. The summed E-state index contributed by atoms with van der Waals surface area (Å²) in [5.41, 5.74) is 2.34. The average Bonchev–Trinajstić information content (AvgIpc) is 2.49. The Morgan fingerprint density at radius 1 is 1.43 bits per heavy atom. The van der Waals surface area contributed by atoms with Gasteiger partial charge in [0.1, 0.15) is 0 Å². The molecule has 8 heteroatoms. The molecule has 1 aromatic rings. The Labute approximate surface area is 131 Å². The van der Waals surface area contributed by atoms with Crippen molar-refractivity contribution in [3.05, 3.63) is 29.3 Å². The number of hydrogen-bond donors (Lipinski definition) is 2. The van der Waals surface area contributed by atoms with Crippen LogP contribution in [0.4, 0.5) is 18.9 Å². The first-order valence-corrected chi connectivity index (χ1v) is 7.13. The number of amides is 1. The third kappa shape index (κ3) is 4.22. The van der Waals surface area contributed by atoms with Crippen LogP contribution < -0.4 is 10.7 Å². The van der Waals surface area contributed by atoms with Gasteiger partial charge in [-0.05, 0) is 17.7 Å². The summed E-state index contributed by atoms with van der Waals surface area (Å²) in [6.45, 7) is 2.28. The van der Waals surface area contributed by atoms with Crippen LogP contribution in [0.15, 0.2) is 23.3 Å². The van der Waals surface area contributed by atoms with Gasteiger partial charge in [0.15, 0.2) is 0 Å². The highest BCUT2D eigenvalue weighted by molar-refractivity contribution is 6.05. The van der Waals surface area contributed by atoms with Gasteiger partial charge in [-0.25, -0.2) is 5.43 Å². The Morgan fingerprint density at radius 2 is 2.17 bits per heavy atom. The first-order valence-electron chi connectivity index (χ1n) is 7.13. The Hall–Kier alpha value is -2.09. The van der Waals surface area contributed by atoms with Crippen molar-refractivity contribution in [2.24, 2.45) is 11.0 Å². The number of anilines is 1. The van der Waals surface area contributed by atoms with Crippen LogP contribution in [0.1, 0.15) is 24.5 Å². The predicted octanol–water partition coefficient (Wildman–Crippen LogP) is 2.62. The molecule has 0 aromatic heterocycles. The second-order valence-electron chi connectivity index (χ2n) is 5.32. The van der Waals surface area contributed by atoms with E-state index in [0.717, 1.165) is 6.07 Å². The zero-order valence-electron chi connectivity index (χ0n) is 12.8. The molecular formula is C15H18F3N3O2. The molecule has 1 atom stereocenters. The fraction of sp³-hybridized carbons (Fsp3) is 0.467. The van der Waals surface area contributed by atoms with Crippen molar-refractivity contribution in [2.75, 3.05) is 25.6 Å². The van der Waals surface area contributed by atoms with Gasteiger partial charge >= 0.3 is 6.18 Å². The van der Waals surface area contributed by atoms with Crippen LogP contribution in [0.25, 0.3) is 0 Å². The van der Waals surface area contributed by atoms with E-state index in [0.29, 0.717) is 24.3 Å². The minimum absolute atomic E-state index is 0.00760. The highest BCUT2D eigenvalue weighted by Gasteiger charge is 2.34. The number of hydrazone groups is 1. The van der Waals surface area contributed by atoms with Crippen LogP contribution in [0.3, 0.4) is 0 Å². The third-order valence-electron chi connectivity index (χ3n) is 3.53. The molecule has 1 aromatic carbocycles. The van der Waals surface area contributed by atoms with E-state index >= 15 is 0 Å². The van der Waals surface area contributed by atoms with Gasteiger partial charge in [0, 0.05) is 31.7 Å². The standard InChI is InChI=1S/C15H18F3N3O2/c1-9-7-13(20-21-14(9)22)10-3-4-12(19-5-6-23-2)11(8-10)15(16,17)18/h3-4,8-9,19H,5-7H2,1-2H3,(H,21,22)/t9-/m0/s1. The van der Waals surface area contributed by atoms with Gasteiger partial charge in [0.25, 0.3) is 0 Å². The number of benzene rings is 1.